The predicted octanol–water partition coefficient (Wildman–Crippen LogP) is 4.56. The summed E-state index contributed by atoms with van der Waals surface area (Å²) in [6, 6.07) is 13.1. The molecule has 1 fully saturated rings. The SMILES string of the molecule is COc1ccc(Cc2csc(N3CCN(S(=O)(=O)c4ccc(C(C)(C)C)cc4)CC3)n2)c(OC)c1. The van der Waals surface area contributed by atoms with Crippen molar-refractivity contribution in [3.8, 4) is 11.5 Å². The molecule has 2 aromatic carbocycles. The fourth-order valence-electron chi connectivity index (χ4n) is 4.11. The summed E-state index contributed by atoms with van der Waals surface area (Å²) in [6.45, 7) is 8.44. The first-order chi connectivity index (χ1) is 16.6. The number of benzene rings is 2. The number of aromatic nitrogens is 1. The normalized spacial score (nSPS) is 15.3. The van der Waals surface area contributed by atoms with Gasteiger partial charge in [0.1, 0.15) is 11.5 Å². The quantitative estimate of drug-likeness (QED) is 0.459. The third-order valence-corrected chi connectivity index (χ3v) is 9.14. The molecule has 0 N–H and O–H groups in total. The molecule has 1 aliphatic rings. The highest BCUT2D eigenvalue weighted by atomic mass is 32.2. The molecule has 0 spiro atoms. The topological polar surface area (TPSA) is 72.0 Å². The van der Waals surface area contributed by atoms with Gasteiger partial charge in [-0.3, -0.25) is 0 Å². The molecule has 188 valence electrons. The summed E-state index contributed by atoms with van der Waals surface area (Å²) < 4.78 is 38.7. The first-order valence-corrected chi connectivity index (χ1v) is 13.9. The third kappa shape index (κ3) is 5.63. The number of hydrogen-bond donors (Lipinski definition) is 0. The average Bonchev–Trinajstić information content (AvgIpc) is 3.32. The smallest absolute Gasteiger partial charge is 0.243 e. The molecule has 0 amide bonds. The number of anilines is 1. The van der Waals surface area contributed by atoms with Gasteiger partial charge in [0.15, 0.2) is 5.13 Å². The van der Waals surface area contributed by atoms with Crippen LogP contribution < -0.4 is 14.4 Å². The summed E-state index contributed by atoms with van der Waals surface area (Å²) in [7, 11) is -0.230. The van der Waals surface area contributed by atoms with E-state index in [1.165, 1.54) is 0 Å². The van der Waals surface area contributed by atoms with Crippen LogP contribution in [-0.2, 0) is 21.9 Å². The molecule has 0 saturated carbocycles. The number of thiazole rings is 1. The van der Waals surface area contributed by atoms with Crippen LogP contribution in [0, 0.1) is 0 Å². The third-order valence-electron chi connectivity index (χ3n) is 6.27. The number of sulfonamides is 1. The maximum atomic E-state index is 13.2. The molecule has 35 heavy (non-hydrogen) atoms. The standard InChI is InChI=1S/C26H33N3O4S2/c1-26(2,3)20-7-10-23(11-8-20)35(30,31)29-14-12-28(13-15-29)25-27-21(18-34-25)16-19-6-9-22(32-4)17-24(19)33-5/h6-11,17-18H,12-16H2,1-5H3. The number of piperazine rings is 1. The Labute approximate surface area is 212 Å². The van der Waals surface area contributed by atoms with E-state index in [-0.39, 0.29) is 5.41 Å². The van der Waals surface area contributed by atoms with Gasteiger partial charge in [0.25, 0.3) is 0 Å². The molecule has 0 radical (unpaired) electrons. The Hall–Kier alpha value is -2.62. The van der Waals surface area contributed by atoms with E-state index in [9.17, 15) is 8.42 Å². The highest BCUT2D eigenvalue weighted by molar-refractivity contribution is 7.89. The van der Waals surface area contributed by atoms with Crippen LogP contribution in [0.25, 0.3) is 0 Å². The zero-order chi connectivity index (χ0) is 25.2. The van der Waals surface area contributed by atoms with Gasteiger partial charge in [-0.25, -0.2) is 13.4 Å². The van der Waals surface area contributed by atoms with Crippen molar-refractivity contribution in [1.82, 2.24) is 9.29 Å². The fourth-order valence-corrected chi connectivity index (χ4v) is 6.41. The molecule has 7 nitrogen and oxygen atoms in total. The molecule has 0 atom stereocenters. The lowest BCUT2D eigenvalue weighted by Gasteiger charge is -2.33. The van der Waals surface area contributed by atoms with Gasteiger partial charge < -0.3 is 14.4 Å². The molecule has 4 rings (SSSR count). The number of hydrogen-bond acceptors (Lipinski definition) is 7. The monoisotopic (exact) mass is 515 g/mol. The first kappa shape index (κ1) is 25.5. The van der Waals surface area contributed by atoms with Crippen molar-refractivity contribution in [2.75, 3.05) is 45.3 Å². The highest BCUT2D eigenvalue weighted by Crippen LogP contribution is 2.30. The Bertz CT molecular complexity index is 1260. The zero-order valence-corrected chi connectivity index (χ0v) is 22.6. The van der Waals surface area contributed by atoms with E-state index in [1.54, 1.807) is 42.0 Å². The second kappa shape index (κ2) is 10.2. The molecule has 1 aromatic heterocycles. The van der Waals surface area contributed by atoms with Gasteiger partial charge in [-0.1, -0.05) is 39.0 Å². The molecule has 9 heteroatoms. The Kier molecular flexibility index (Phi) is 7.40. The van der Waals surface area contributed by atoms with Crippen LogP contribution in [0.3, 0.4) is 0 Å². The summed E-state index contributed by atoms with van der Waals surface area (Å²) in [5.41, 5.74) is 3.10. The maximum Gasteiger partial charge on any atom is 0.243 e. The number of rotatable bonds is 7. The van der Waals surface area contributed by atoms with Crippen molar-refractivity contribution < 1.29 is 17.9 Å². The van der Waals surface area contributed by atoms with Gasteiger partial charge in [-0.15, -0.1) is 11.3 Å². The van der Waals surface area contributed by atoms with Crippen molar-refractivity contribution in [1.29, 1.82) is 0 Å². The Morgan fingerprint density at radius 2 is 1.66 bits per heavy atom. The van der Waals surface area contributed by atoms with Crippen LogP contribution in [0.5, 0.6) is 11.5 Å². The van der Waals surface area contributed by atoms with E-state index in [0.717, 1.165) is 33.5 Å². The summed E-state index contributed by atoms with van der Waals surface area (Å²) in [5.74, 6) is 1.52. The van der Waals surface area contributed by atoms with Gasteiger partial charge in [0, 0.05) is 49.6 Å². The average molecular weight is 516 g/mol. The van der Waals surface area contributed by atoms with Crippen LogP contribution in [0.2, 0.25) is 0 Å². The molecule has 0 aliphatic carbocycles. The van der Waals surface area contributed by atoms with E-state index < -0.39 is 10.0 Å². The summed E-state index contributed by atoms with van der Waals surface area (Å²) in [5, 5.41) is 2.97. The van der Waals surface area contributed by atoms with Crippen molar-refractivity contribution in [2.45, 2.75) is 37.5 Å². The Morgan fingerprint density at radius 3 is 2.26 bits per heavy atom. The van der Waals surface area contributed by atoms with Crippen molar-refractivity contribution in [3.05, 3.63) is 64.7 Å². The van der Waals surface area contributed by atoms with E-state index in [4.69, 9.17) is 14.5 Å². The summed E-state index contributed by atoms with van der Waals surface area (Å²) in [6.07, 6.45) is 0.655. The predicted molar refractivity (Wildman–Crippen MR) is 141 cm³/mol. The van der Waals surface area contributed by atoms with Gasteiger partial charge >= 0.3 is 0 Å². The molecule has 1 saturated heterocycles. The van der Waals surface area contributed by atoms with Crippen LogP contribution in [0.4, 0.5) is 5.13 Å². The lowest BCUT2D eigenvalue weighted by molar-refractivity contribution is 0.384. The minimum Gasteiger partial charge on any atom is -0.497 e. The second-order valence-corrected chi connectivity index (χ2v) is 12.4. The first-order valence-electron chi connectivity index (χ1n) is 11.6. The van der Waals surface area contributed by atoms with Crippen LogP contribution >= 0.6 is 11.3 Å². The number of nitrogens with zero attached hydrogens (tertiary/aromatic N) is 3. The molecule has 1 aliphatic heterocycles. The van der Waals surface area contributed by atoms with Gasteiger partial charge in [-0.05, 0) is 29.2 Å². The van der Waals surface area contributed by atoms with E-state index in [2.05, 4.69) is 31.1 Å². The zero-order valence-electron chi connectivity index (χ0n) is 20.9. The lowest BCUT2D eigenvalue weighted by atomic mass is 9.87. The van der Waals surface area contributed by atoms with Crippen LogP contribution in [-0.4, -0.2) is 58.1 Å². The molecule has 0 bridgehead atoms. The van der Waals surface area contributed by atoms with Gasteiger partial charge in [0.05, 0.1) is 24.8 Å². The maximum absolute atomic E-state index is 13.2. The largest absolute Gasteiger partial charge is 0.497 e. The molecular weight excluding hydrogens is 482 g/mol. The van der Waals surface area contributed by atoms with Gasteiger partial charge in [0.2, 0.25) is 10.0 Å². The minimum atomic E-state index is -3.51. The van der Waals surface area contributed by atoms with Gasteiger partial charge in [-0.2, -0.15) is 4.31 Å². The fraction of sp³-hybridized carbons (Fsp3) is 0.423. The Balaban J connectivity index is 1.40. The molecular formula is C26H33N3O4S2. The van der Waals surface area contributed by atoms with Crippen LogP contribution in [0.1, 0.15) is 37.6 Å². The van der Waals surface area contributed by atoms with Crippen molar-refractivity contribution >= 4 is 26.5 Å². The number of methoxy groups -OCH3 is 2. The number of ether oxygens (including phenoxy) is 2. The van der Waals surface area contributed by atoms with E-state index in [1.807, 2.05) is 30.3 Å². The van der Waals surface area contributed by atoms with Crippen molar-refractivity contribution in [3.63, 3.8) is 0 Å². The highest BCUT2D eigenvalue weighted by Gasteiger charge is 2.29. The summed E-state index contributed by atoms with van der Waals surface area (Å²) in [4.78, 5) is 7.33. The minimum absolute atomic E-state index is 0.0149. The molecule has 3 aromatic rings. The molecule has 2 heterocycles. The summed E-state index contributed by atoms with van der Waals surface area (Å²) >= 11 is 1.59. The van der Waals surface area contributed by atoms with E-state index >= 15 is 0 Å². The molecule has 0 unspecified atom stereocenters. The van der Waals surface area contributed by atoms with Crippen LogP contribution in [0.15, 0.2) is 52.7 Å². The van der Waals surface area contributed by atoms with Crippen molar-refractivity contribution in [2.24, 2.45) is 0 Å². The second-order valence-electron chi connectivity index (χ2n) is 9.64. The van der Waals surface area contributed by atoms with E-state index in [0.29, 0.717) is 37.5 Å². The Morgan fingerprint density at radius 1 is 0.971 bits per heavy atom. The lowest BCUT2D eigenvalue weighted by Crippen LogP contribution is -2.48.